The molecule has 25 heavy (non-hydrogen) atoms. The number of unbranched alkanes of at least 4 members (excludes halogenated alkanes) is 1. The van der Waals surface area contributed by atoms with Crippen LogP contribution in [-0.2, 0) is 9.59 Å². The molecule has 1 aromatic heterocycles. The second kappa shape index (κ2) is 7.23. The van der Waals surface area contributed by atoms with Crippen LogP contribution in [-0.4, -0.2) is 29.9 Å². The van der Waals surface area contributed by atoms with Gasteiger partial charge in [0.25, 0.3) is 5.91 Å². The molecule has 2 aromatic rings. The Balaban J connectivity index is 1.80. The third-order valence-corrected chi connectivity index (χ3v) is 4.86. The van der Waals surface area contributed by atoms with Crippen LogP contribution in [0.4, 0.5) is 10.8 Å². The molecule has 0 spiro atoms. The summed E-state index contributed by atoms with van der Waals surface area (Å²) in [6, 6.07) is 5.65. The zero-order valence-electron chi connectivity index (χ0n) is 14.5. The third kappa shape index (κ3) is 3.66. The molecule has 132 valence electrons. The van der Waals surface area contributed by atoms with Crippen molar-refractivity contribution in [1.82, 2.24) is 4.98 Å². The summed E-state index contributed by atoms with van der Waals surface area (Å²) in [7, 11) is 1.74. The highest BCUT2D eigenvalue weighted by atomic mass is 32.1. The number of amides is 2. The van der Waals surface area contributed by atoms with Crippen molar-refractivity contribution in [3.63, 3.8) is 0 Å². The molecule has 6 nitrogen and oxygen atoms in total. The number of nitrogens with zero attached hydrogens (tertiary/aromatic N) is 2. The van der Waals surface area contributed by atoms with E-state index in [9.17, 15) is 9.59 Å². The molecule has 0 saturated carbocycles. The fourth-order valence-corrected chi connectivity index (χ4v) is 3.39. The summed E-state index contributed by atoms with van der Waals surface area (Å²) in [4.78, 5) is 30.0. The van der Waals surface area contributed by atoms with Gasteiger partial charge in [-0.3, -0.25) is 9.59 Å². The molecule has 2 heterocycles. The average molecular weight is 359 g/mol. The minimum atomic E-state index is -0.479. The number of fused-ring (bicyclic) bond motifs is 1. The zero-order valence-corrected chi connectivity index (χ0v) is 15.4. The van der Waals surface area contributed by atoms with Crippen molar-refractivity contribution in [2.45, 2.75) is 39.2 Å². The fraction of sp³-hybridized carbons (Fsp3) is 0.389. The largest absolute Gasteiger partial charge is 0.479 e. The Labute approximate surface area is 150 Å². The summed E-state index contributed by atoms with van der Waals surface area (Å²) in [6.07, 6.45) is 1.88. The van der Waals surface area contributed by atoms with Gasteiger partial charge >= 0.3 is 0 Å². The summed E-state index contributed by atoms with van der Waals surface area (Å²) in [5.41, 5.74) is 2.36. The Morgan fingerprint density at radius 3 is 3.00 bits per heavy atom. The van der Waals surface area contributed by atoms with E-state index < -0.39 is 6.10 Å². The Hall–Kier alpha value is -2.41. The molecular weight excluding hydrogens is 338 g/mol. The van der Waals surface area contributed by atoms with Crippen LogP contribution in [0.1, 0.15) is 33.1 Å². The van der Waals surface area contributed by atoms with E-state index >= 15 is 0 Å². The lowest BCUT2D eigenvalue weighted by molar-refractivity contribution is -0.125. The number of carbonyl (C=O) groups excluding carboxylic acids is 2. The lowest BCUT2D eigenvalue weighted by Gasteiger charge is -2.30. The zero-order chi connectivity index (χ0) is 18.0. The first-order chi connectivity index (χ1) is 12.0. The van der Waals surface area contributed by atoms with Crippen LogP contribution in [0, 0.1) is 0 Å². The highest BCUT2D eigenvalue weighted by Gasteiger charge is 2.29. The van der Waals surface area contributed by atoms with Crippen molar-refractivity contribution < 1.29 is 14.3 Å². The minimum Gasteiger partial charge on any atom is -0.479 e. The maximum atomic E-state index is 12.1. The summed E-state index contributed by atoms with van der Waals surface area (Å²) in [5, 5.41) is 5.31. The van der Waals surface area contributed by atoms with Crippen molar-refractivity contribution >= 4 is 34.0 Å². The van der Waals surface area contributed by atoms with Crippen molar-refractivity contribution in [1.29, 1.82) is 0 Å². The number of ether oxygens (including phenoxy) is 1. The predicted octanol–water partition coefficient (Wildman–Crippen LogP) is 3.68. The van der Waals surface area contributed by atoms with Gasteiger partial charge < -0.3 is 15.0 Å². The van der Waals surface area contributed by atoms with Crippen LogP contribution in [0.5, 0.6) is 5.75 Å². The topological polar surface area (TPSA) is 71.5 Å². The Bertz CT molecular complexity index is 803. The molecule has 0 radical (unpaired) electrons. The second-order valence-corrected chi connectivity index (χ2v) is 6.89. The SMILES string of the molecule is CCCCC(=O)Nc1nc(-c2ccc3c(c2)N(C)C(=O)[C@H](C)O3)cs1. The van der Waals surface area contributed by atoms with Crippen LogP contribution in [0.15, 0.2) is 23.6 Å². The lowest BCUT2D eigenvalue weighted by atomic mass is 10.1. The van der Waals surface area contributed by atoms with Crippen LogP contribution in [0.3, 0.4) is 0 Å². The molecule has 1 atom stereocenters. The summed E-state index contributed by atoms with van der Waals surface area (Å²) in [6.45, 7) is 3.79. The number of anilines is 2. The van der Waals surface area contributed by atoms with Crippen molar-refractivity contribution in [2.24, 2.45) is 0 Å². The third-order valence-electron chi connectivity index (χ3n) is 4.11. The average Bonchev–Trinajstić information content (AvgIpc) is 3.06. The van der Waals surface area contributed by atoms with Gasteiger partial charge in [-0.15, -0.1) is 11.3 Å². The van der Waals surface area contributed by atoms with Crippen LogP contribution in [0.2, 0.25) is 0 Å². The number of hydrogen-bond acceptors (Lipinski definition) is 5. The molecule has 0 fully saturated rings. The number of rotatable bonds is 5. The molecule has 1 aliphatic heterocycles. The van der Waals surface area contributed by atoms with Crippen LogP contribution in [0.25, 0.3) is 11.3 Å². The van der Waals surface area contributed by atoms with Gasteiger partial charge in [0.1, 0.15) is 5.75 Å². The fourth-order valence-electron chi connectivity index (χ4n) is 2.65. The highest BCUT2D eigenvalue weighted by molar-refractivity contribution is 7.14. The van der Waals surface area contributed by atoms with Gasteiger partial charge in [-0.2, -0.15) is 0 Å². The molecule has 0 saturated heterocycles. The van der Waals surface area contributed by atoms with Gasteiger partial charge in [-0.05, 0) is 31.5 Å². The first-order valence-electron chi connectivity index (χ1n) is 8.33. The summed E-state index contributed by atoms with van der Waals surface area (Å²) >= 11 is 1.39. The van der Waals surface area contributed by atoms with Gasteiger partial charge in [0.15, 0.2) is 11.2 Å². The van der Waals surface area contributed by atoms with E-state index in [2.05, 4.69) is 17.2 Å². The van der Waals surface area contributed by atoms with Crippen LogP contribution < -0.4 is 15.0 Å². The second-order valence-electron chi connectivity index (χ2n) is 6.03. The number of carbonyl (C=O) groups is 2. The summed E-state index contributed by atoms with van der Waals surface area (Å²) < 4.78 is 5.63. The number of aromatic nitrogens is 1. The molecule has 0 aliphatic carbocycles. The highest BCUT2D eigenvalue weighted by Crippen LogP contribution is 2.37. The maximum Gasteiger partial charge on any atom is 0.267 e. The molecule has 0 bridgehead atoms. The first kappa shape index (κ1) is 17.4. The van der Waals surface area contributed by atoms with E-state index in [1.807, 2.05) is 23.6 Å². The quantitative estimate of drug-likeness (QED) is 0.884. The minimum absolute atomic E-state index is 0.0130. The number of thiazole rings is 1. The lowest BCUT2D eigenvalue weighted by Crippen LogP contribution is -2.41. The molecule has 0 unspecified atom stereocenters. The normalized spacial score (nSPS) is 16.4. The number of nitrogens with one attached hydrogen (secondary N) is 1. The Morgan fingerprint density at radius 1 is 1.44 bits per heavy atom. The molecule has 1 N–H and O–H groups in total. The Kier molecular flexibility index (Phi) is 5.03. The molecule has 3 rings (SSSR count). The van der Waals surface area contributed by atoms with Gasteiger partial charge in [-0.1, -0.05) is 13.3 Å². The van der Waals surface area contributed by atoms with Crippen LogP contribution >= 0.6 is 11.3 Å². The molecule has 7 heteroatoms. The number of likely N-dealkylation sites (N-methyl/N-ethyl adjacent to an activating group) is 1. The van der Waals surface area contributed by atoms with Crippen molar-refractivity contribution in [3.05, 3.63) is 23.6 Å². The summed E-state index contributed by atoms with van der Waals surface area (Å²) in [5.74, 6) is 0.592. The van der Waals surface area contributed by atoms with E-state index in [0.717, 1.165) is 29.8 Å². The van der Waals surface area contributed by atoms with E-state index in [1.54, 1.807) is 18.9 Å². The van der Waals surface area contributed by atoms with E-state index in [4.69, 9.17) is 4.74 Å². The van der Waals surface area contributed by atoms with Crippen molar-refractivity contribution in [2.75, 3.05) is 17.3 Å². The Morgan fingerprint density at radius 2 is 2.24 bits per heavy atom. The van der Waals surface area contributed by atoms with Gasteiger partial charge in [0.05, 0.1) is 11.4 Å². The maximum absolute atomic E-state index is 12.1. The van der Waals surface area contributed by atoms with E-state index in [0.29, 0.717) is 17.3 Å². The monoisotopic (exact) mass is 359 g/mol. The van der Waals surface area contributed by atoms with E-state index in [-0.39, 0.29) is 11.8 Å². The standard InChI is InChI=1S/C18H21N3O3S/c1-4-5-6-16(22)20-18-19-13(10-25-18)12-7-8-15-14(9-12)21(3)17(23)11(2)24-15/h7-11H,4-6H2,1-3H3,(H,19,20,22)/t11-/m0/s1. The number of benzene rings is 1. The van der Waals surface area contributed by atoms with Crippen molar-refractivity contribution in [3.8, 4) is 17.0 Å². The first-order valence-corrected chi connectivity index (χ1v) is 9.21. The van der Waals surface area contributed by atoms with E-state index in [1.165, 1.54) is 11.3 Å². The smallest absolute Gasteiger partial charge is 0.267 e. The van der Waals surface area contributed by atoms with Gasteiger partial charge in [0.2, 0.25) is 5.91 Å². The predicted molar refractivity (Wildman–Crippen MR) is 99.2 cm³/mol. The number of hydrogen-bond donors (Lipinski definition) is 1. The molecule has 2 amide bonds. The van der Waals surface area contributed by atoms with Gasteiger partial charge in [0, 0.05) is 24.4 Å². The van der Waals surface area contributed by atoms with Gasteiger partial charge in [-0.25, -0.2) is 4.98 Å². The molecule has 1 aliphatic rings. The molecule has 1 aromatic carbocycles. The molecular formula is C18H21N3O3S.